The van der Waals surface area contributed by atoms with E-state index in [9.17, 15) is 0 Å². The quantitative estimate of drug-likeness (QED) is 0.922. The van der Waals surface area contributed by atoms with Gasteiger partial charge in [-0.05, 0) is 30.0 Å². The summed E-state index contributed by atoms with van der Waals surface area (Å²) in [4.78, 5) is 0. The van der Waals surface area contributed by atoms with Gasteiger partial charge in [0.25, 0.3) is 0 Å². The van der Waals surface area contributed by atoms with Gasteiger partial charge in [-0.3, -0.25) is 0 Å². The molecule has 0 aliphatic heterocycles. The van der Waals surface area contributed by atoms with Crippen molar-refractivity contribution in [2.45, 2.75) is 26.7 Å². The maximum Gasteiger partial charge on any atom is 0.230 e. The van der Waals surface area contributed by atoms with Gasteiger partial charge >= 0.3 is 0 Å². The third kappa shape index (κ3) is 2.34. The van der Waals surface area contributed by atoms with Crippen molar-refractivity contribution >= 4 is 21.8 Å². The van der Waals surface area contributed by atoms with Crippen LogP contribution in [-0.4, -0.2) is 12.3 Å². The Labute approximate surface area is 121 Å². The van der Waals surface area contributed by atoms with Gasteiger partial charge in [0.1, 0.15) is 5.75 Å². The molecule has 0 bridgehead atoms. The van der Waals surface area contributed by atoms with Crippen LogP contribution in [0.15, 0.2) is 21.3 Å². The zero-order valence-electron chi connectivity index (χ0n) is 11.5. The van der Waals surface area contributed by atoms with Crippen LogP contribution in [0, 0.1) is 6.92 Å². The van der Waals surface area contributed by atoms with E-state index in [0.29, 0.717) is 11.8 Å². The molecule has 0 aliphatic carbocycles. The Morgan fingerprint density at radius 1 is 1.42 bits per heavy atom. The maximum atomic E-state index is 5.84. The van der Waals surface area contributed by atoms with Crippen LogP contribution in [0.4, 0.5) is 5.88 Å². The van der Waals surface area contributed by atoms with E-state index in [0.717, 1.165) is 32.5 Å². The summed E-state index contributed by atoms with van der Waals surface area (Å²) in [6, 6.07) is 2.09. The van der Waals surface area contributed by atoms with Crippen molar-refractivity contribution < 1.29 is 9.26 Å². The fraction of sp³-hybridized carbons (Fsp3) is 0.357. The van der Waals surface area contributed by atoms with Gasteiger partial charge in [-0.15, -0.1) is 0 Å². The molecule has 102 valence electrons. The fourth-order valence-electron chi connectivity index (χ4n) is 2.15. The molecule has 4 nitrogen and oxygen atoms in total. The second kappa shape index (κ2) is 5.25. The molecule has 0 fully saturated rings. The van der Waals surface area contributed by atoms with Gasteiger partial charge in [-0.25, -0.2) is 0 Å². The maximum absolute atomic E-state index is 5.84. The van der Waals surface area contributed by atoms with E-state index < -0.39 is 0 Å². The summed E-state index contributed by atoms with van der Waals surface area (Å²) >= 11 is 3.59. The highest BCUT2D eigenvalue weighted by molar-refractivity contribution is 9.10. The highest BCUT2D eigenvalue weighted by Gasteiger charge is 2.21. The Bertz CT molecular complexity index is 606. The van der Waals surface area contributed by atoms with Gasteiger partial charge < -0.3 is 15.0 Å². The van der Waals surface area contributed by atoms with Crippen LogP contribution in [0.25, 0.3) is 11.1 Å². The van der Waals surface area contributed by atoms with Gasteiger partial charge in [-0.1, -0.05) is 34.9 Å². The molecule has 0 saturated carbocycles. The number of ether oxygens (including phenoxy) is 1. The number of hydrogen-bond acceptors (Lipinski definition) is 4. The highest BCUT2D eigenvalue weighted by Crippen LogP contribution is 2.44. The molecule has 0 aliphatic rings. The first kappa shape index (κ1) is 13.9. The van der Waals surface area contributed by atoms with E-state index >= 15 is 0 Å². The number of benzene rings is 1. The van der Waals surface area contributed by atoms with Crippen molar-refractivity contribution in [3.63, 3.8) is 0 Å². The average molecular weight is 325 g/mol. The number of nitrogen functional groups attached to an aromatic ring is 1. The smallest absolute Gasteiger partial charge is 0.230 e. The molecule has 19 heavy (non-hydrogen) atoms. The van der Waals surface area contributed by atoms with Gasteiger partial charge in [-0.2, -0.15) is 0 Å². The van der Waals surface area contributed by atoms with Crippen LogP contribution in [0.3, 0.4) is 0 Å². The van der Waals surface area contributed by atoms with Crippen molar-refractivity contribution in [1.82, 2.24) is 5.16 Å². The largest absolute Gasteiger partial charge is 0.496 e. The summed E-state index contributed by atoms with van der Waals surface area (Å²) < 4.78 is 11.6. The summed E-state index contributed by atoms with van der Waals surface area (Å²) in [5, 5.41) is 3.75. The lowest BCUT2D eigenvalue weighted by Crippen LogP contribution is -2.00. The summed E-state index contributed by atoms with van der Waals surface area (Å²) in [7, 11) is 1.67. The van der Waals surface area contributed by atoms with Crippen LogP contribution < -0.4 is 10.5 Å². The number of hydrogen-bond donors (Lipinski definition) is 1. The summed E-state index contributed by atoms with van der Waals surface area (Å²) in [5.41, 5.74) is 9.71. The predicted octanol–water partition coefficient (Wildman–Crippen LogP) is 4.13. The monoisotopic (exact) mass is 324 g/mol. The lowest BCUT2D eigenvalue weighted by atomic mass is 9.93. The number of halogens is 1. The van der Waals surface area contributed by atoms with Gasteiger partial charge in [0.2, 0.25) is 5.88 Å². The molecule has 2 aromatic rings. The van der Waals surface area contributed by atoms with Crippen molar-refractivity contribution in [3.05, 3.63) is 27.9 Å². The number of aromatic nitrogens is 1. The zero-order valence-corrected chi connectivity index (χ0v) is 13.0. The summed E-state index contributed by atoms with van der Waals surface area (Å²) in [6.45, 7) is 6.26. The van der Waals surface area contributed by atoms with Crippen LogP contribution in [0.1, 0.15) is 30.9 Å². The zero-order chi connectivity index (χ0) is 14.2. The molecular weight excluding hydrogens is 308 g/mol. The Kier molecular flexibility index (Phi) is 3.85. The first-order chi connectivity index (χ1) is 8.97. The first-order valence-corrected chi connectivity index (χ1v) is 6.84. The molecule has 2 N–H and O–H groups in total. The minimum Gasteiger partial charge on any atom is -0.496 e. The van der Waals surface area contributed by atoms with Crippen molar-refractivity contribution in [3.8, 4) is 16.9 Å². The summed E-state index contributed by atoms with van der Waals surface area (Å²) in [6.07, 6.45) is 1.62. The van der Waals surface area contributed by atoms with Gasteiger partial charge in [0, 0.05) is 10.0 Å². The predicted molar refractivity (Wildman–Crippen MR) is 79.4 cm³/mol. The first-order valence-electron chi connectivity index (χ1n) is 6.04. The third-order valence-corrected chi connectivity index (χ3v) is 4.02. The van der Waals surface area contributed by atoms with Crippen molar-refractivity contribution in [1.29, 1.82) is 0 Å². The van der Waals surface area contributed by atoms with Crippen LogP contribution in [0.2, 0.25) is 0 Å². The molecule has 0 spiro atoms. The van der Waals surface area contributed by atoms with E-state index in [1.54, 1.807) is 13.3 Å². The SMILES string of the molecule is COc1c(C(C)C)cc(Br)c(C)c1-c1cnoc1N. The molecular formula is C14H17BrN2O2. The topological polar surface area (TPSA) is 61.3 Å². The third-order valence-electron chi connectivity index (χ3n) is 3.20. The normalized spacial score (nSPS) is 11.1. The van der Waals surface area contributed by atoms with Crippen LogP contribution in [0.5, 0.6) is 5.75 Å². The van der Waals surface area contributed by atoms with Gasteiger partial charge in [0.05, 0.1) is 18.9 Å². The molecule has 0 radical (unpaired) electrons. The van der Waals surface area contributed by atoms with E-state index in [2.05, 4.69) is 41.0 Å². The Balaban J connectivity index is 2.81. The lowest BCUT2D eigenvalue weighted by Gasteiger charge is -2.19. The molecule has 0 saturated heterocycles. The Morgan fingerprint density at radius 2 is 2.11 bits per heavy atom. The number of nitrogens with two attached hydrogens (primary N) is 1. The van der Waals surface area contributed by atoms with E-state index in [-0.39, 0.29) is 0 Å². The molecule has 2 rings (SSSR count). The van der Waals surface area contributed by atoms with Crippen LogP contribution >= 0.6 is 15.9 Å². The second-order valence-electron chi connectivity index (χ2n) is 4.74. The van der Waals surface area contributed by atoms with E-state index in [1.165, 1.54) is 0 Å². The minimum absolute atomic E-state index is 0.300. The number of nitrogens with zero attached hydrogens (tertiary/aromatic N) is 1. The molecule has 5 heteroatoms. The van der Waals surface area contributed by atoms with E-state index in [1.807, 2.05) is 6.92 Å². The number of rotatable bonds is 3. The minimum atomic E-state index is 0.300. The molecule has 0 unspecified atom stereocenters. The average Bonchev–Trinajstić information content (AvgIpc) is 2.77. The molecule has 1 heterocycles. The molecule has 0 atom stereocenters. The Hall–Kier alpha value is -1.49. The van der Waals surface area contributed by atoms with Crippen molar-refractivity contribution in [2.75, 3.05) is 12.8 Å². The highest BCUT2D eigenvalue weighted by atomic mass is 79.9. The van der Waals surface area contributed by atoms with Gasteiger partial charge in [0.15, 0.2) is 0 Å². The van der Waals surface area contributed by atoms with Crippen LogP contribution in [-0.2, 0) is 0 Å². The molecule has 1 aromatic heterocycles. The standard InChI is InChI=1S/C14H17BrN2O2/c1-7(2)9-5-11(15)8(3)12(13(9)18-4)10-6-17-19-14(10)16/h5-7H,16H2,1-4H3. The molecule has 1 aromatic carbocycles. The number of anilines is 1. The molecule has 0 amide bonds. The fourth-order valence-corrected chi connectivity index (χ4v) is 2.60. The Morgan fingerprint density at radius 3 is 2.58 bits per heavy atom. The lowest BCUT2D eigenvalue weighted by molar-refractivity contribution is 0.408. The second-order valence-corrected chi connectivity index (χ2v) is 5.59. The summed E-state index contributed by atoms with van der Waals surface area (Å²) in [5.74, 6) is 1.46. The number of methoxy groups -OCH3 is 1. The van der Waals surface area contributed by atoms with E-state index in [4.69, 9.17) is 15.0 Å². The van der Waals surface area contributed by atoms with Crippen molar-refractivity contribution in [2.24, 2.45) is 0 Å².